The number of benzene rings is 1. The molecule has 0 fully saturated rings. The molecule has 0 N–H and O–H groups in total. The molecule has 3 rings (SSSR count). The van der Waals surface area contributed by atoms with Crippen molar-refractivity contribution in [2.45, 2.75) is 57.9 Å². The number of hydrogen-bond donors (Lipinski definition) is 0. The first kappa shape index (κ1) is 10.0. The smallest absolute Gasteiger partial charge is 0.0481 e. The predicted molar refractivity (Wildman–Crippen MR) is 77.2 cm³/mol. The van der Waals surface area contributed by atoms with E-state index in [1.165, 1.54) is 29.5 Å². The summed E-state index contributed by atoms with van der Waals surface area (Å²) in [5.41, 5.74) is 5.00. The molecule has 0 saturated heterocycles. The second kappa shape index (κ2) is 4.09. The lowest BCUT2D eigenvalue weighted by Crippen LogP contribution is -2.33. The fourth-order valence-electron chi connectivity index (χ4n) is 3.38. The van der Waals surface area contributed by atoms with Gasteiger partial charge in [0.1, 0.15) is 0 Å². The maximum Gasteiger partial charge on any atom is 0.0481 e. The quantitative estimate of drug-likeness (QED) is 0.671. The first-order chi connectivity index (χ1) is 9.21. The van der Waals surface area contributed by atoms with E-state index in [9.17, 15) is 0 Å². The summed E-state index contributed by atoms with van der Waals surface area (Å²) in [6.07, 6.45) is 3.55. The lowest BCUT2D eigenvalue weighted by molar-refractivity contribution is 0.266. The van der Waals surface area contributed by atoms with Gasteiger partial charge in [-0.1, -0.05) is 32.9 Å². The Hall–Kier alpha value is -0.820. The summed E-state index contributed by atoms with van der Waals surface area (Å²) in [6, 6.07) is 4.47. The number of nitrogens with zero attached hydrogens (tertiary/aromatic N) is 1. The van der Waals surface area contributed by atoms with Crippen LogP contribution >= 0.6 is 0 Å². The molecule has 1 aliphatic heterocycles. The molecule has 1 nitrogen and oxygen atoms in total. The highest BCUT2D eigenvalue weighted by atomic mass is 15.1. The van der Waals surface area contributed by atoms with Crippen LogP contribution in [0.15, 0.2) is 12.1 Å². The maximum absolute atomic E-state index is 8.49. The molecule has 0 bridgehead atoms. The van der Waals surface area contributed by atoms with Crippen LogP contribution in [-0.2, 0) is 18.3 Å². The van der Waals surface area contributed by atoms with Gasteiger partial charge in [-0.15, -0.1) is 0 Å². The van der Waals surface area contributed by atoms with Crippen LogP contribution in [0.25, 0.3) is 0 Å². The van der Waals surface area contributed by atoms with Crippen molar-refractivity contribution in [2.75, 3.05) is 13.6 Å². The highest BCUT2D eigenvalue weighted by molar-refractivity contribution is 5.46. The molecule has 1 aliphatic carbocycles. The van der Waals surface area contributed by atoms with Crippen molar-refractivity contribution in [3.63, 3.8) is 0 Å². The van der Waals surface area contributed by atoms with Crippen LogP contribution in [0.1, 0.15) is 64.5 Å². The molecule has 0 amide bonds. The summed E-state index contributed by atoms with van der Waals surface area (Å²) in [5.74, 6) is 0.525. The van der Waals surface area contributed by atoms with Gasteiger partial charge in [0.25, 0.3) is 0 Å². The van der Waals surface area contributed by atoms with E-state index in [1.54, 1.807) is 0 Å². The third kappa shape index (κ3) is 1.99. The molecule has 1 aromatic carbocycles. The molecule has 1 unspecified atom stereocenters. The molecule has 0 aromatic heterocycles. The van der Waals surface area contributed by atoms with Crippen LogP contribution in [0.5, 0.6) is 0 Å². The van der Waals surface area contributed by atoms with E-state index in [-0.39, 0.29) is 5.41 Å². The lowest BCUT2D eigenvalue weighted by Gasteiger charge is -2.38. The predicted octanol–water partition coefficient (Wildman–Crippen LogP) is 3.85. The standard InChI is InChI=1S/C17H25N/c1-17(2,3)15-8-12-6-5-7-13-10-18(4)11-14(9-15)16(12)13/h8-9,13H,5-7,10-11H2,1-4H3/i11D2. The second-order valence-electron chi connectivity index (χ2n) is 6.93. The van der Waals surface area contributed by atoms with Gasteiger partial charge in [0.05, 0.1) is 0 Å². The molecule has 18 heavy (non-hydrogen) atoms. The van der Waals surface area contributed by atoms with Gasteiger partial charge in [-0.2, -0.15) is 0 Å². The lowest BCUT2D eigenvalue weighted by atomic mass is 9.74. The summed E-state index contributed by atoms with van der Waals surface area (Å²) < 4.78 is 17.0. The van der Waals surface area contributed by atoms with Crippen molar-refractivity contribution in [3.8, 4) is 0 Å². The summed E-state index contributed by atoms with van der Waals surface area (Å²) >= 11 is 0. The third-order valence-corrected chi connectivity index (χ3v) is 4.34. The minimum absolute atomic E-state index is 0.0740. The van der Waals surface area contributed by atoms with E-state index in [2.05, 4.69) is 32.9 Å². The molecule has 0 radical (unpaired) electrons. The molecule has 1 heteroatoms. The number of hydrogen-bond acceptors (Lipinski definition) is 1. The molecule has 2 aliphatic rings. The summed E-state index contributed by atoms with van der Waals surface area (Å²) in [6.45, 7) is 6.15. The molecule has 1 aromatic rings. The van der Waals surface area contributed by atoms with Gasteiger partial charge >= 0.3 is 0 Å². The van der Waals surface area contributed by atoms with Gasteiger partial charge in [0, 0.05) is 15.8 Å². The zero-order chi connectivity index (χ0) is 14.7. The first-order valence-electron chi connectivity index (χ1n) is 8.10. The minimum atomic E-state index is -1.33. The van der Waals surface area contributed by atoms with Crippen LogP contribution in [0.3, 0.4) is 0 Å². The zero-order valence-electron chi connectivity index (χ0n) is 14.0. The van der Waals surface area contributed by atoms with E-state index in [0.717, 1.165) is 18.5 Å². The van der Waals surface area contributed by atoms with E-state index in [1.807, 2.05) is 11.9 Å². The Labute approximate surface area is 114 Å². The Morgan fingerprint density at radius 3 is 2.72 bits per heavy atom. The van der Waals surface area contributed by atoms with E-state index in [4.69, 9.17) is 2.74 Å². The van der Waals surface area contributed by atoms with Gasteiger partial charge in [-0.25, -0.2) is 0 Å². The van der Waals surface area contributed by atoms with Crippen molar-refractivity contribution < 1.29 is 2.74 Å². The third-order valence-electron chi connectivity index (χ3n) is 4.34. The second-order valence-corrected chi connectivity index (χ2v) is 6.93. The molecule has 0 saturated carbocycles. The topological polar surface area (TPSA) is 3.24 Å². The Kier molecular flexibility index (Phi) is 2.28. The summed E-state index contributed by atoms with van der Waals surface area (Å²) in [4.78, 5) is 1.89. The van der Waals surface area contributed by atoms with Gasteiger partial charge in [0.15, 0.2) is 0 Å². The SMILES string of the molecule is [2H]C1([2H])c2cc(C(C)(C)C)cc3c2C(CCC3)CN1C. The monoisotopic (exact) mass is 245 g/mol. The fraction of sp³-hybridized carbons (Fsp3) is 0.647. The van der Waals surface area contributed by atoms with Crippen LogP contribution < -0.4 is 0 Å². The molecule has 98 valence electrons. The Morgan fingerprint density at radius 1 is 1.28 bits per heavy atom. The van der Waals surface area contributed by atoms with Crippen LogP contribution in [0.2, 0.25) is 0 Å². The van der Waals surface area contributed by atoms with Crippen LogP contribution in [0.4, 0.5) is 0 Å². The maximum atomic E-state index is 8.49. The summed E-state index contributed by atoms with van der Waals surface area (Å²) in [5, 5.41) is 0. The number of aryl methyl sites for hydroxylation is 1. The Morgan fingerprint density at radius 2 is 2.00 bits per heavy atom. The molecule has 0 spiro atoms. The Balaban J connectivity index is 2.25. The van der Waals surface area contributed by atoms with Crippen LogP contribution in [-0.4, -0.2) is 18.5 Å². The zero-order valence-corrected chi connectivity index (χ0v) is 12.0. The molecular formula is C17H25N. The highest BCUT2D eigenvalue weighted by Crippen LogP contribution is 2.40. The van der Waals surface area contributed by atoms with Gasteiger partial charge < -0.3 is 4.90 Å². The van der Waals surface area contributed by atoms with Crippen molar-refractivity contribution in [1.29, 1.82) is 0 Å². The van der Waals surface area contributed by atoms with E-state index >= 15 is 0 Å². The molecular weight excluding hydrogens is 218 g/mol. The van der Waals surface area contributed by atoms with Gasteiger partial charge in [-0.3, -0.25) is 0 Å². The largest absolute Gasteiger partial charge is 0.301 e. The number of rotatable bonds is 0. The van der Waals surface area contributed by atoms with Crippen molar-refractivity contribution in [3.05, 3.63) is 34.4 Å². The highest BCUT2D eigenvalue weighted by Gasteiger charge is 2.30. The molecule has 1 heterocycles. The normalized spacial score (nSPS) is 28.3. The Bertz CT molecular complexity index is 543. The van der Waals surface area contributed by atoms with Crippen LogP contribution in [0, 0.1) is 0 Å². The summed E-state index contributed by atoms with van der Waals surface area (Å²) in [7, 11) is 1.92. The van der Waals surface area contributed by atoms with Gasteiger partial charge in [0.2, 0.25) is 0 Å². The van der Waals surface area contributed by atoms with E-state index in [0.29, 0.717) is 5.92 Å². The van der Waals surface area contributed by atoms with Gasteiger partial charge in [-0.05, 0) is 59.9 Å². The van der Waals surface area contributed by atoms with Crippen molar-refractivity contribution in [2.24, 2.45) is 0 Å². The number of likely N-dealkylation sites (N-methyl/N-ethyl adjacent to an activating group) is 1. The van der Waals surface area contributed by atoms with Crippen molar-refractivity contribution >= 4 is 0 Å². The first-order valence-corrected chi connectivity index (χ1v) is 7.10. The fourth-order valence-corrected chi connectivity index (χ4v) is 3.38. The average Bonchev–Trinajstić information content (AvgIpc) is 2.35. The minimum Gasteiger partial charge on any atom is -0.301 e. The van der Waals surface area contributed by atoms with Crippen molar-refractivity contribution in [1.82, 2.24) is 4.90 Å². The average molecular weight is 245 g/mol. The molecule has 1 atom stereocenters. The van der Waals surface area contributed by atoms with E-state index < -0.39 is 6.50 Å².